The summed E-state index contributed by atoms with van der Waals surface area (Å²) in [5.74, 6) is 1.78. The Kier molecular flexibility index (Phi) is 8.93. The highest BCUT2D eigenvalue weighted by molar-refractivity contribution is 14.0. The molecule has 0 bridgehead atoms. The number of fused-ring (bicyclic) bond motifs is 1. The molecule has 2 unspecified atom stereocenters. The Balaban J connectivity index is 0.00000256. The minimum atomic E-state index is 0. The molecule has 0 radical (unpaired) electrons. The van der Waals surface area contributed by atoms with E-state index in [4.69, 9.17) is 0 Å². The van der Waals surface area contributed by atoms with Gasteiger partial charge in [-0.3, -0.25) is 14.9 Å². The van der Waals surface area contributed by atoms with Gasteiger partial charge < -0.3 is 10.2 Å². The van der Waals surface area contributed by atoms with Gasteiger partial charge in [0.15, 0.2) is 5.96 Å². The zero-order valence-electron chi connectivity index (χ0n) is 17.9. The molecule has 2 saturated heterocycles. The van der Waals surface area contributed by atoms with E-state index in [1.165, 1.54) is 36.9 Å². The number of aliphatic imine (C=N–C) groups is 1. The van der Waals surface area contributed by atoms with Crippen molar-refractivity contribution < 1.29 is 0 Å². The van der Waals surface area contributed by atoms with E-state index in [1.807, 2.05) is 25.5 Å². The molecule has 0 saturated carbocycles. The molecule has 30 heavy (non-hydrogen) atoms. The number of benzene rings is 1. The third-order valence-electron chi connectivity index (χ3n) is 6.34. The molecule has 6 heteroatoms. The largest absolute Gasteiger partial charge is 0.356 e. The number of hydrogen-bond acceptors (Lipinski definition) is 3. The van der Waals surface area contributed by atoms with Crippen molar-refractivity contribution in [3.63, 3.8) is 0 Å². The van der Waals surface area contributed by atoms with Crippen LogP contribution in [0.1, 0.15) is 30.4 Å². The highest BCUT2D eigenvalue weighted by atomic mass is 127. The highest BCUT2D eigenvalue weighted by Gasteiger charge is 2.36. The molecule has 162 valence electrons. The fraction of sp³-hybridized carbons (Fsp3) is 0.500. The quantitative estimate of drug-likeness (QED) is 0.371. The van der Waals surface area contributed by atoms with Crippen LogP contribution in [-0.4, -0.2) is 60.0 Å². The second-order valence-electron chi connectivity index (χ2n) is 8.25. The summed E-state index contributed by atoms with van der Waals surface area (Å²) < 4.78 is 0. The van der Waals surface area contributed by atoms with Crippen molar-refractivity contribution >= 4 is 29.9 Å². The second-order valence-corrected chi connectivity index (χ2v) is 8.25. The number of nitrogens with zero attached hydrogens (tertiary/aromatic N) is 4. The van der Waals surface area contributed by atoms with E-state index in [0.29, 0.717) is 6.04 Å². The van der Waals surface area contributed by atoms with E-state index in [1.54, 1.807) is 0 Å². The smallest absolute Gasteiger partial charge is 0.193 e. The van der Waals surface area contributed by atoms with Gasteiger partial charge in [-0.2, -0.15) is 0 Å². The SMILES string of the molecule is CN=C(NCCc1cccnc1)N1CCC2C(CCCN2Cc2ccccc2)C1.I. The first-order chi connectivity index (χ1) is 14.3. The maximum atomic E-state index is 4.57. The lowest BCUT2D eigenvalue weighted by Crippen LogP contribution is -2.56. The van der Waals surface area contributed by atoms with Crippen molar-refractivity contribution in [1.82, 2.24) is 20.1 Å². The third-order valence-corrected chi connectivity index (χ3v) is 6.34. The fourth-order valence-electron chi connectivity index (χ4n) is 4.91. The molecule has 0 spiro atoms. The minimum absolute atomic E-state index is 0. The van der Waals surface area contributed by atoms with Gasteiger partial charge in [-0.15, -0.1) is 24.0 Å². The predicted molar refractivity (Wildman–Crippen MR) is 134 cm³/mol. The van der Waals surface area contributed by atoms with Crippen LogP contribution < -0.4 is 5.32 Å². The number of pyridine rings is 1. The Morgan fingerprint density at radius 1 is 1.10 bits per heavy atom. The van der Waals surface area contributed by atoms with Crippen molar-refractivity contribution in [2.24, 2.45) is 10.9 Å². The lowest BCUT2D eigenvalue weighted by atomic mass is 9.83. The average molecular weight is 519 g/mol. The number of hydrogen-bond donors (Lipinski definition) is 1. The van der Waals surface area contributed by atoms with Gasteiger partial charge in [0.1, 0.15) is 0 Å². The maximum absolute atomic E-state index is 4.57. The van der Waals surface area contributed by atoms with Gasteiger partial charge in [-0.25, -0.2) is 0 Å². The number of likely N-dealkylation sites (tertiary alicyclic amines) is 2. The summed E-state index contributed by atoms with van der Waals surface area (Å²) in [6.45, 7) is 5.40. The van der Waals surface area contributed by atoms with Crippen molar-refractivity contribution in [3.05, 3.63) is 66.0 Å². The highest BCUT2D eigenvalue weighted by Crippen LogP contribution is 2.31. The standard InChI is InChI=1S/C24H33N5.HI/c1-25-24(27-14-11-20-9-5-13-26-17-20)29-16-12-23-22(19-29)10-6-15-28(23)18-21-7-3-2-4-8-21;/h2-5,7-9,13,17,22-23H,6,10-12,14-16,18-19H2,1H3,(H,25,27);1H. The van der Waals surface area contributed by atoms with E-state index < -0.39 is 0 Å². The number of piperidine rings is 2. The first-order valence-electron chi connectivity index (χ1n) is 11.0. The van der Waals surface area contributed by atoms with Gasteiger partial charge >= 0.3 is 0 Å². The predicted octanol–water partition coefficient (Wildman–Crippen LogP) is 3.80. The normalized spacial score (nSPS) is 22.2. The van der Waals surface area contributed by atoms with Crippen LogP contribution in [-0.2, 0) is 13.0 Å². The Bertz CT molecular complexity index is 783. The first kappa shape index (κ1) is 23.0. The number of aromatic nitrogens is 1. The van der Waals surface area contributed by atoms with Crippen LogP contribution in [0.3, 0.4) is 0 Å². The first-order valence-corrected chi connectivity index (χ1v) is 11.0. The van der Waals surface area contributed by atoms with Crippen LogP contribution in [0.25, 0.3) is 0 Å². The zero-order chi connectivity index (χ0) is 19.9. The summed E-state index contributed by atoms with van der Waals surface area (Å²) in [4.78, 5) is 14.0. The molecule has 4 rings (SSSR count). The van der Waals surface area contributed by atoms with E-state index in [-0.39, 0.29) is 24.0 Å². The number of nitrogens with one attached hydrogen (secondary N) is 1. The average Bonchev–Trinajstić information content (AvgIpc) is 2.78. The van der Waals surface area contributed by atoms with Crippen molar-refractivity contribution in [2.75, 3.05) is 33.2 Å². The molecule has 0 amide bonds. The fourth-order valence-corrected chi connectivity index (χ4v) is 4.91. The van der Waals surface area contributed by atoms with Gasteiger partial charge in [-0.1, -0.05) is 36.4 Å². The van der Waals surface area contributed by atoms with Gasteiger partial charge in [0.2, 0.25) is 0 Å². The summed E-state index contributed by atoms with van der Waals surface area (Å²) in [5, 5.41) is 3.57. The third kappa shape index (κ3) is 5.94. The van der Waals surface area contributed by atoms with Crippen LogP contribution in [0.2, 0.25) is 0 Å². The van der Waals surface area contributed by atoms with Crippen LogP contribution in [0.4, 0.5) is 0 Å². The summed E-state index contributed by atoms with van der Waals surface area (Å²) in [6, 6.07) is 15.8. The lowest BCUT2D eigenvalue weighted by Gasteiger charge is -2.48. The van der Waals surface area contributed by atoms with Gasteiger partial charge in [0.05, 0.1) is 0 Å². The number of rotatable bonds is 5. The Morgan fingerprint density at radius 2 is 1.93 bits per heavy atom. The molecule has 1 N–H and O–H groups in total. The molecular formula is C24H34IN5. The van der Waals surface area contributed by atoms with Crippen LogP contribution >= 0.6 is 24.0 Å². The van der Waals surface area contributed by atoms with E-state index >= 15 is 0 Å². The molecule has 2 aliphatic rings. The molecule has 5 nitrogen and oxygen atoms in total. The lowest BCUT2D eigenvalue weighted by molar-refractivity contribution is 0.0373. The summed E-state index contributed by atoms with van der Waals surface area (Å²) in [6.07, 6.45) is 8.59. The number of guanidine groups is 1. The van der Waals surface area contributed by atoms with E-state index in [9.17, 15) is 0 Å². The van der Waals surface area contributed by atoms with Crippen molar-refractivity contribution in [2.45, 2.75) is 38.3 Å². The Hall–Kier alpha value is -1.67. The molecule has 1 aromatic carbocycles. The molecule has 0 aliphatic carbocycles. The summed E-state index contributed by atoms with van der Waals surface area (Å²) in [5.41, 5.74) is 2.70. The minimum Gasteiger partial charge on any atom is -0.356 e. The number of halogens is 1. The van der Waals surface area contributed by atoms with Crippen LogP contribution in [0.15, 0.2) is 59.9 Å². The monoisotopic (exact) mass is 519 g/mol. The molecular weight excluding hydrogens is 485 g/mol. The van der Waals surface area contributed by atoms with Gasteiger partial charge in [0, 0.05) is 51.7 Å². The van der Waals surface area contributed by atoms with E-state index in [2.05, 4.69) is 61.5 Å². The zero-order valence-corrected chi connectivity index (χ0v) is 20.2. The van der Waals surface area contributed by atoms with Gasteiger partial charge in [-0.05, 0) is 55.3 Å². The molecule has 3 heterocycles. The topological polar surface area (TPSA) is 43.8 Å². The molecule has 2 aromatic rings. The van der Waals surface area contributed by atoms with Crippen LogP contribution in [0, 0.1) is 5.92 Å². The summed E-state index contributed by atoms with van der Waals surface area (Å²) >= 11 is 0. The van der Waals surface area contributed by atoms with Crippen molar-refractivity contribution in [3.8, 4) is 0 Å². The Morgan fingerprint density at radius 3 is 2.70 bits per heavy atom. The van der Waals surface area contributed by atoms with Crippen LogP contribution in [0.5, 0.6) is 0 Å². The molecule has 2 fully saturated rings. The maximum Gasteiger partial charge on any atom is 0.193 e. The molecule has 2 atom stereocenters. The second kappa shape index (κ2) is 11.6. The Labute approximate surface area is 198 Å². The molecule has 1 aromatic heterocycles. The summed E-state index contributed by atoms with van der Waals surface area (Å²) in [7, 11) is 1.90. The van der Waals surface area contributed by atoms with Gasteiger partial charge in [0.25, 0.3) is 0 Å². The van der Waals surface area contributed by atoms with Crippen molar-refractivity contribution in [1.29, 1.82) is 0 Å². The van der Waals surface area contributed by atoms with E-state index in [0.717, 1.165) is 44.5 Å². The molecule has 2 aliphatic heterocycles.